The molecule has 0 amide bonds. The average Bonchev–Trinajstić information content (AvgIpc) is 2.47. The predicted molar refractivity (Wildman–Crippen MR) is 94.4 cm³/mol. The molecule has 0 heterocycles. The molecule has 0 aliphatic heterocycles. The number of unbranched alkanes of at least 4 members (excludes halogenated alkanes) is 14. The lowest BCUT2D eigenvalue weighted by Crippen LogP contribution is -1.82. The van der Waals surface area contributed by atoms with Gasteiger partial charge in [-0.05, 0) is 19.3 Å². The molecule has 0 aliphatic carbocycles. The summed E-state index contributed by atoms with van der Waals surface area (Å²) in [7, 11) is 0. The number of hydrogen-bond acceptors (Lipinski definition) is 0. The Morgan fingerprint density at radius 3 is 1.20 bits per heavy atom. The zero-order valence-electron chi connectivity index (χ0n) is 14.5. The Morgan fingerprint density at radius 2 is 0.750 bits per heavy atom. The van der Waals surface area contributed by atoms with Gasteiger partial charge < -0.3 is 0 Å². The van der Waals surface area contributed by atoms with E-state index in [0.29, 0.717) is 0 Å². The number of allylic oxidation sites excluding steroid dienone is 2. The van der Waals surface area contributed by atoms with Crippen LogP contribution in [0.4, 0.5) is 0 Å². The van der Waals surface area contributed by atoms with Crippen molar-refractivity contribution in [3.05, 3.63) is 12.2 Å². The first-order chi connectivity index (χ1) is 9.91. The quantitative estimate of drug-likeness (QED) is 0.200. The summed E-state index contributed by atoms with van der Waals surface area (Å²) in [6.45, 7) is 4.56. The molecule has 0 saturated heterocycles. The van der Waals surface area contributed by atoms with Crippen molar-refractivity contribution in [2.24, 2.45) is 0 Å². The lowest BCUT2D eigenvalue weighted by Gasteiger charge is -2.02. The monoisotopic (exact) mass is 280 g/mol. The van der Waals surface area contributed by atoms with Crippen LogP contribution in [-0.4, -0.2) is 0 Å². The van der Waals surface area contributed by atoms with Gasteiger partial charge in [-0.1, -0.05) is 109 Å². The van der Waals surface area contributed by atoms with Crippen LogP contribution < -0.4 is 0 Å². The first-order valence-corrected chi connectivity index (χ1v) is 9.56. The van der Waals surface area contributed by atoms with Gasteiger partial charge in [0.15, 0.2) is 0 Å². The predicted octanol–water partition coefficient (Wildman–Crippen LogP) is 7.82. The van der Waals surface area contributed by atoms with E-state index >= 15 is 0 Å². The molecule has 0 aromatic heterocycles. The molecule has 0 atom stereocenters. The van der Waals surface area contributed by atoms with E-state index in [4.69, 9.17) is 0 Å². The molecule has 0 N–H and O–H groups in total. The minimum atomic E-state index is 1.29. The maximum Gasteiger partial charge on any atom is -0.0351 e. The zero-order valence-corrected chi connectivity index (χ0v) is 14.5. The number of hydrogen-bond donors (Lipinski definition) is 0. The SMILES string of the molecule is CCCC/C=C\CCCCCCCCCCCCCC. The van der Waals surface area contributed by atoms with Crippen molar-refractivity contribution in [2.45, 2.75) is 117 Å². The van der Waals surface area contributed by atoms with E-state index in [-0.39, 0.29) is 0 Å². The summed E-state index contributed by atoms with van der Waals surface area (Å²) in [5.74, 6) is 0. The van der Waals surface area contributed by atoms with Gasteiger partial charge in [0.25, 0.3) is 0 Å². The fraction of sp³-hybridized carbons (Fsp3) is 0.900. The lowest BCUT2D eigenvalue weighted by atomic mass is 10.0. The average molecular weight is 281 g/mol. The van der Waals surface area contributed by atoms with Gasteiger partial charge in [0.2, 0.25) is 0 Å². The summed E-state index contributed by atoms with van der Waals surface area (Å²) in [4.78, 5) is 0. The molecule has 20 heavy (non-hydrogen) atoms. The van der Waals surface area contributed by atoms with Crippen LogP contribution in [0.3, 0.4) is 0 Å². The largest absolute Gasteiger partial charge is 0.0885 e. The smallest absolute Gasteiger partial charge is 0.0351 e. The first-order valence-electron chi connectivity index (χ1n) is 9.56. The van der Waals surface area contributed by atoms with Crippen LogP contribution in [0, 0.1) is 0 Å². The molecule has 0 fully saturated rings. The van der Waals surface area contributed by atoms with Gasteiger partial charge >= 0.3 is 0 Å². The molecule has 0 saturated carbocycles. The molecule has 0 aliphatic rings. The summed E-state index contributed by atoms with van der Waals surface area (Å²) in [6.07, 6.45) is 27.4. The van der Waals surface area contributed by atoms with Gasteiger partial charge in [0.1, 0.15) is 0 Å². The van der Waals surface area contributed by atoms with E-state index < -0.39 is 0 Å². The van der Waals surface area contributed by atoms with Crippen LogP contribution in [0.25, 0.3) is 0 Å². The summed E-state index contributed by atoms with van der Waals surface area (Å²) in [5, 5.41) is 0. The van der Waals surface area contributed by atoms with Crippen molar-refractivity contribution < 1.29 is 0 Å². The van der Waals surface area contributed by atoms with Crippen LogP contribution in [0.15, 0.2) is 12.2 Å². The summed E-state index contributed by atoms with van der Waals surface area (Å²) in [6, 6.07) is 0. The second kappa shape index (κ2) is 18.7. The van der Waals surface area contributed by atoms with E-state index in [1.807, 2.05) is 0 Å². The van der Waals surface area contributed by atoms with Crippen LogP contribution in [0.1, 0.15) is 117 Å². The normalized spacial score (nSPS) is 11.5. The Kier molecular flexibility index (Phi) is 18.5. The van der Waals surface area contributed by atoms with E-state index in [9.17, 15) is 0 Å². The van der Waals surface area contributed by atoms with Crippen LogP contribution in [0.5, 0.6) is 0 Å². The van der Waals surface area contributed by atoms with Crippen molar-refractivity contribution in [2.75, 3.05) is 0 Å². The van der Waals surface area contributed by atoms with Crippen LogP contribution >= 0.6 is 0 Å². The Bertz CT molecular complexity index is 180. The Morgan fingerprint density at radius 1 is 0.400 bits per heavy atom. The minimum absolute atomic E-state index is 1.29. The third kappa shape index (κ3) is 17.7. The van der Waals surface area contributed by atoms with Gasteiger partial charge in [-0.25, -0.2) is 0 Å². The molecule has 0 bridgehead atoms. The summed E-state index contributed by atoms with van der Waals surface area (Å²) >= 11 is 0. The maximum atomic E-state index is 2.39. The van der Waals surface area contributed by atoms with Gasteiger partial charge in [0, 0.05) is 0 Å². The zero-order chi connectivity index (χ0) is 14.7. The minimum Gasteiger partial charge on any atom is -0.0885 e. The second-order valence-corrected chi connectivity index (χ2v) is 6.29. The van der Waals surface area contributed by atoms with Crippen LogP contribution in [-0.2, 0) is 0 Å². The van der Waals surface area contributed by atoms with Crippen molar-refractivity contribution in [3.8, 4) is 0 Å². The van der Waals surface area contributed by atoms with Crippen LogP contribution in [0.2, 0.25) is 0 Å². The highest BCUT2D eigenvalue weighted by Crippen LogP contribution is 2.12. The van der Waals surface area contributed by atoms with E-state index in [1.165, 1.54) is 103 Å². The highest BCUT2D eigenvalue weighted by molar-refractivity contribution is 4.81. The molecule has 0 heteroatoms. The Labute approximate surface area is 129 Å². The first kappa shape index (κ1) is 19.7. The highest BCUT2D eigenvalue weighted by Gasteiger charge is 1.92. The molecule has 0 radical (unpaired) electrons. The Balaban J connectivity index is 2.97. The molecule has 0 unspecified atom stereocenters. The van der Waals surface area contributed by atoms with Gasteiger partial charge in [-0.15, -0.1) is 0 Å². The highest BCUT2D eigenvalue weighted by atomic mass is 14.0. The third-order valence-corrected chi connectivity index (χ3v) is 4.12. The summed E-state index contributed by atoms with van der Waals surface area (Å²) in [5.41, 5.74) is 0. The topological polar surface area (TPSA) is 0 Å². The fourth-order valence-corrected chi connectivity index (χ4v) is 2.66. The molecule has 0 aromatic rings. The van der Waals surface area contributed by atoms with Crippen molar-refractivity contribution in [3.63, 3.8) is 0 Å². The van der Waals surface area contributed by atoms with Gasteiger partial charge in [0.05, 0.1) is 0 Å². The van der Waals surface area contributed by atoms with E-state index in [1.54, 1.807) is 0 Å². The molecule has 0 aromatic carbocycles. The molecule has 0 rings (SSSR count). The molecular formula is C20H40. The lowest BCUT2D eigenvalue weighted by molar-refractivity contribution is 0.545. The standard InChI is InChI=1S/C20H40/c1-3-5-7-9-11-13-15-17-19-20-18-16-14-12-10-8-6-4-2/h9,11H,3-8,10,12-20H2,1-2H3/b11-9-. The molecular weight excluding hydrogens is 240 g/mol. The van der Waals surface area contributed by atoms with Gasteiger partial charge in [-0.3, -0.25) is 0 Å². The fourth-order valence-electron chi connectivity index (χ4n) is 2.66. The molecule has 120 valence electrons. The van der Waals surface area contributed by atoms with Crippen molar-refractivity contribution in [1.82, 2.24) is 0 Å². The molecule has 0 nitrogen and oxygen atoms in total. The molecule has 0 spiro atoms. The van der Waals surface area contributed by atoms with Crippen molar-refractivity contribution >= 4 is 0 Å². The third-order valence-electron chi connectivity index (χ3n) is 4.12. The maximum absolute atomic E-state index is 2.39. The summed E-state index contributed by atoms with van der Waals surface area (Å²) < 4.78 is 0. The van der Waals surface area contributed by atoms with E-state index in [2.05, 4.69) is 26.0 Å². The second-order valence-electron chi connectivity index (χ2n) is 6.29. The van der Waals surface area contributed by atoms with Crippen molar-refractivity contribution in [1.29, 1.82) is 0 Å². The van der Waals surface area contributed by atoms with Gasteiger partial charge in [-0.2, -0.15) is 0 Å². The Hall–Kier alpha value is -0.260. The number of rotatable bonds is 16. The van der Waals surface area contributed by atoms with E-state index in [0.717, 1.165) is 0 Å².